The maximum Gasteiger partial charge on any atom is 0.252 e. The van der Waals surface area contributed by atoms with Crippen LogP contribution in [0, 0.1) is 6.92 Å². The molecule has 1 amide bonds. The summed E-state index contributed by atoms with van der Waals surface area (Å²) >= 11 is 0. The zero-order valence-corrected chi connectivity index (χ0v) is 23.0. The van der Waals surface area contributed by atoms with Crippen molar-refractivity contribution in [1.82, 2.24) is 45.1 Å². The summed E-state index contributed by atoms with van der Waals surface area (Å²) < 4.78 is 3.50. The van der Waals surface area contributed by atoms with E-state index in [1.165, 1.54) is 12.8 Å². The average Bonchev–Trinajstić information content (AvgIpc) is 3.50. The van der Waals surface area contributed by atoms with Crippen molar-refractivity contribution in [3.8, 4) is 0 Å². The predicted octanol–water partition coefficient (Wildman–Crippen LogP) is 2.31. The Morgan fingerprint density at radius 3 is 2.74 bits per heavy atom. The lowest BCUT2D eigenvalue weighted by Crippen LogP contribution is -2.43. The molecule has 3 aromatic rings. The highest BCUT2D eigenvalue weighted by Crippen LogP contribution is 2.28. The van der Waals surface area contributed by atoms with Gasteiger partial charge in [0.05, 0.1) is 34.6 Å². The van der Waals surface area contributed by atoms with Crippen LogP contribution >= 0.6 is 0 Å². The van der Waals surface area contributed by atoms with Gasteiger partial charge in [-0.05, 0) is 53.2 Å². The Hall–Kier alpha value is -3.93. The molecule has 0 saturated carbocycles. The minimum absolute atomic E-state index is 0.0237. The normalized spacial score (nSPS) is 19.2. The molecule has 0 aromatic carbocycles. The van der Waals surface area contributed by atoms with Gasteiger partial charge < -0.3 is 21.3 Å². The molecule has 202 valence electrons. The number of nitrogens with zero attached hydrogens (tertiary/aromatic N) is 7. The second-order valence-electron chi connectivity index (χ2n) is 10.7. The number of hydrogen-bond acceptors (Lipinski definition) is 9. The Morgan fingerprint density at radius 2 is 2.03 bits per heavy atom. The first-order valence-electron chi connectivity index (χ1n) is 13.1. The molecule has 12 nitrogen and oxygen atoms in total. The van der Waals surface area contributed by atoms with Gasteiger partial charge in [0.25, 0.3) is 5.91 Å². The van der Waals surface area contributed by atoms with E-state index in [4.69, 9.17) is 0 Å². The smallest absolute Gasteiger partial charge is 0.252 e. The fourth-order valence-corrected chi connectivity index (χ4v) is 4.97. The maximum absolute atomic E-state index is 12.9. The highest BCUT2D eigenvalue weighted by Gasteiger charge is 2.31. The van der Waals surface area contributed by atoms with Gasteiger partial charge in [0.2, 0.25) is 5.95 Å². The number of rotatable bonds is 8. The van der Waals surface area contributed by atoms with Gasteiger partial charge in [-0.15, -0.1) is 0 Å². The first-order chi connectivity index (χ1) is 18.1. The number of aromatic nitrogens is 6. The fraction of sp³-hybridized carbons (Fsp3) is 0.500. The second-order valence-corrected chi connectivity index (χ2v) is 10.7. The second kappa shape index (κ2) is 10.1. The molecule has 4 N–H and O–H groups in total. The molecular formula is C26H37N11O. The fourth-order valence-electron chi connectivity index (χ4n) is 4.97. The van der Waals surface area contributed by atoms with Gasteiger partial charge in [0, 0.05) is 50.8 Å². The van der Waals surface area contributed by atoms with Crippen molar-refractivity contribution in [1.29, 1.82) is 0 Å². The lowest BCUT2D eigenvalue weighted by atomic mass is 10.0. The monoisotopic (exact) mass is 519 g/mol. The molecule has 1 saturated heterocycles. The molecule has 2 aliphatic heterocycles. The van der Waals surface area contributed by atoms with Crippen molar-refractivity contribution in [2.24, 2.45) is 14.1 Å². The Morgan fingerprint density at radius 1 is 1.21 bits per heavy atom. The van der Waals surface area contributed by atoms with E-state index in [0.29, 0.717) is 29.5 Å². The van der Waals surface area contributed by atoms with Gasteiger partial charge in [-0.1, -0.05) is 0 Å². The molecule has 3 aromatic heterocycles. The van der Waals surface area contributed by atoms with E-state index >= 15 is 0 Å². The topological polar surface area (TPSA) is 130 Å². The summed E-state index contributed by atoms with van der Waals surface area (Å²) in [5.41, 5.74) is 4.13. The molecule has 5 rings (SSSR count). The minimum atomic E-state index is -0.101. The largest absolute Gasteiger partial charge is 0.382 e. The lowest BCUT2D eigenvalue weighted by Gasteiger charge is -2.31. The van der Waals surface area contributed by atoms with Crippen molar-refractivity contribution < 1.29 is 4.79 Å². The third kappa shape index (κ3) is 5.08. The quantitative estimate of drug-likeness (QED) is 0.354. The molecule has 5 heterocycles. The van der Waals surface area contributed by atoms with E-state index in [2.05, 4.69) is 60.2 Å². The molecule has 1 fully saturated rings. The molecule has 0 bridgehead atoms. The minimum Gasteiger partial charge on any atom is -0.382 e. The number of hydrogen-bond donors (Lipinski definition) is 4. The summed E-state index contributed by atoms with van der Waals surface area (Å²) in [6, 6.07) is -0.0237. The predicted molar refractivity (Wildman–Crippen MR) is 148 cm³/mol. The highest BCUT2D eigenvalue weighted by atomic mass is 16.1. The summed E-state index contributed by atoms with van der Waals surface area (Å²) in [6.45, 7) is 11.1. The molecule has 38 heavy (non-hydrogen) atoms. The van der Waals surface area contributed by atoms with Gasteiger partial charge in [0.15, 0.2) is 11.5 Å². The molecule has 0 radical (unpaired) electrons. The van der Waals surface area contributed by atoms with Crippen LogP contribution in [0.2, 0.25) is 0 Å². The molecule has 1 unspecified atom stereocenters. The van der Waals surface area contributed by atoms with Crippen molar-refractivity contribution in [3.05, 3.63) is 41.6 Å². The zero-order valence-electron chi connectivity index (χ0n) is 23.0. The number of anilines is 3. The number of fused-ring (bicyclic) bond motifs is 1. The molecule has 1 atom stereocenters. The number of nitrogens with one attached hydrogen (secondary N) is 4. The van der Waals surface area contributed by atoms with Crippen LogP contribution in [-0.4, -0.2) is 71.6 Å². The van der Waals surface area contributed by atoms with Crippen LogP contribution in [0.5, 0.6) is 0 Å². The highest BCUT2D eigenvalue weighted by molar-refractivity contribution is 5.97. The molecular weight excluding hydrogens is 482 g/mol. The summed E-state index contributed by atoms with van der Waals surface area (Å²) in [6.07, 6.45) is 9.54. The van der Waals surface area contributed by atoms with E-state index in [0.717, 1.165) is 35.6 Å². The number of dihydropyridines is 1. The van der Waals surface area contributed by atoms with Crippen molar-refractivity contribution in [3.63, 3.8) is 0 Å². The zero-order chi connectivity index (χ0) is 27.0. The van der Waals surface area contributed by atoms with Crippen LogP contribution in [0.1, 0.15) is 39.3 Å². The Bertz CT molecular complexity index is 1410. The van der Waals surface area contributed by atoms with Crippen LogP contribution in [0.25, 0.3) is 11.0 Å². The summed E-state index contributed by atoms with van der Waals surface area (Å²) in [7, 11) is 3.73. The van der Waals surface area contributed by atoms with Crippen molar-refractivity contribution in [2.45, 2.75) is 52.1 Å². The molecule has 2 aliphatic rings. The van der Waals surface area contributed by atoms with Crippen molar-refractivity contribution >= 4 is 34.4 Å². The van der Waals surface area contributed by atoms with E-state index in [1.807, 2.05) is 34.0 Å². The van der Waals surface area contributed by atoms with Gasteiger partial charge in [0.1, 0.15) is 0 Å². The van der Waals surface area contributed by atoms with Crippen LogP contribution < -0.4 is 21.3 Å². The van der Waals surface area contributed by atoms with Gasteiger partial charge in [-0.2, -0.15) is 15.2 Å². The first kappa shape index (κ1) is 25.7. The molecule has 0 spiro atoms. The van der Waals surface area contributed by atoms with E-state index in [-0.39, 0.29) is 17.5 Å². The Labute approximate surface area is 222 Å². The van der Waals surface area contributed by atoms with Gasteiger partial charge in [-0.3, -0.25) is 14.4 Å². The third-order valence-electron chi connectivity index (χ3n) is 7.59. The van der Waals surface area contributed by atoms with Gasteiger partial charge in [-0.25, -0.2) is 9.67 Å². The lowest BCUT2D eigenvalue weighted by molar-refractivity contribution is -0.117. The van der Waals surface area contributed by atoms with Crippen molar-refractivity contribution in [2.75, 3.05) is 30.3 Å². The molecule has 12 heteroatoms. The van der Waals surface area contributed by atoms with E-state index in [9.17, 15) is 4.79 Å². The average molecular weight is 520 g/mol. The Balaban J connectivity index is 1.27. The van der Waals surface area contributed by atoms with E-state index < -0.39 is 0 Å². The van der Waals surface area contributed by atoms with Crippen LogP contribution in [0.15, 0.2) is 35.9 Å². The van der Waals surface area contributed by atoms with E-state index in [1.54, 1.807) is 28.0 Å². The number of carbonyl (C=O) groups is 1. The Kier molecular flexibility index (Phi) is 6.82. The standard InChI is InChI=1S/C26H37N11O/c1-16-20(12-18(13-28-16)24(38)27-9-11-37-10-7-8-26(37,3)4)31-22-19-14-29-25(33-23(19)36(6)34-22)32-21-15-30-35(5)17(21)2/h12-16,28H,7-11H2,1-6H3,(H,27,38)(H,31,34)(H,29,32,33). The number of likely N-dealkylation sites (tertiary alicyclic amines) is 1. The summed E-state index contributed by atoms with van der Waals surface area (Å²) in [5, 5.41) is 22.6. The first-order valence-corrected chi connectivity index (χ1v) is 13.1. The maximum atomic E-state index is 12.9. The SMILES string of the molecule is Cc1c(Nc2ncc3c(NC4=CC(C(=O)NCCN5CCCC5(C)C)=CNC4C)nn(C)c3n2)cnn1C. The van der Waals surface area contributed by atoms with Crippen LogP contribution in [-0.2, 0) is 18.9 Å². The number of aryl methyl sites for hydroxylation is 2. The number of carbonyl (C=O) groups excluding carboxylic acids is 1. The summed E-state index contributed by atoms with van der Waals surface area (Å²) in [4.78, 5) is 24.5. The van der Waals surface area contributed by atoms with Crippen LogP contribution in [0.4, 0.5) is 17.5 Å². The van der Waals surface area contributed by atoms with Gasteiger partial charge >= 0.3 is 0 Å². The number of amides is 1. The summed E-state index contributed by atoms with van der Waals surface area (Å²) in [5.74, 6) is 0.995. The van der Waals surface area contributed by atoms with Crippen LogP contribution in [0.3, 0.4) is 0 Å². The third-order valence-corrected chi connectivity index (χ3v) is 7.59. The molecule has 0 aliphatic carbocycles.